The summed E-state index contributed by atoms with van der Waals surface area (Å²) < 4.78 is 8.03. The van der Waals surface area contributed by atoms with Crippen LogP contribution in [0.4, 0.5) is 0 Å². The monoisotopic (exact) mass is 442 g/mol. The zero-order chi connectivity index (χ0) is 22.6. The molecule has 4 aliphatic rings. The number of allylic oxidation sites excluding steroid dienone is 6. The van der Waals surface area contributed by atoms with Gasteiger partial charge in [-0.2, -0.15) is 0 Å². The van der Waals surface area contributed by atoms with E-state index in [9.17, 15) is 0 Å². The van der Waals surface area contributed by atoms with E-state index in [1.165, 1.54) is 35.2 Å². The number of hydrogen-bond donors (Lipinski definition) is 0. The van der Waals surface area contributed by atoms with Crippen molar-refractivity contribution in [3.05, 3.63) is 66.0 Å². The maximum Gasteiger partial charge on any atom is 0.0963 e. The molecule has 4 aliphatic carbocycles. The fraction of sp³-hybridized carbons (Fsp3) is 0.536. The van der Waals surface area contributed by atoms with Crippen molar-refractivity contribution >= 4 is 11.3 Å². The minimum Gasteiger partial charge on any atom is -0.498 e. The Hall–Kier alpha value is -2.69. The van der Waals surface area contributed by atoms with E-state index in [2.05, 4.69) is 60.4 Å². The lowest BCUT2D eigenvalue weighted by Crippen LogP contribution is -2.49. The van der Waals surface area contributed by atoms with Gasteiger partial charge in [0.05, 0.1) is 24.8 Å². The normalized spacial score (nSPS) is 35.3. The predicted octanol–water partition coefficient (Wildman–Crippen LogP) is 6.14. The number of pyridine rings is 1. The standard InChI is InChI=1S/C28H34N4O/c1-4-33-20-9-11-28(3)24-10-12-27(2)22(19-6-5-13-29-18-19)7-8-23(27)21(24)17-26(25(28)16-20)32-15-14-30-31-32/h5-7,13-16,18,21,23-24H,4,8-12,17H2,1-3H3/t21-,23?,24?,27+,28+/m0/s1. The topological polar surface area (TPSA) is 52.8 Å². The molecule has 172 valence electrons. The molecule has 6 rings (SSSR count). The highest BCUT2D eigenvalue weighted by Gasteiger charge is 2.58. The molecule has 0 spiro atoms. The van der Waals surface area contributed by atoms with Crippen molar-refractivity contribution in [1.82, 2.24) is 20.0 Å². The van der Waals surface area contributed by atoms with E-state index >= 15 is 0 Å². The van der Waals surface area contributed by atoms with Crippen molar-refractivity contribution in [3.8, 4) is 0 Å². The first-order valence-electron chi connectivity index (χ1n) is 12.6. The van der Waals surface area contributed by atoms with E-state index in [0.717, 1.165) is 38.0 Å². The molecular weight excluding hydrogens is 408 g/mol. The Labute approximate surface area is 196 Å². The summed E-state index contributed by atoms with van der Waals surface area (Å²) in [5, 5.41) is 8.61. The van der Waals surface area contributed by atoms with E-state index in [1.54, 1.807) is 6.20 Å². The number of aromatic nitrogens is 4. The largest absolute Gasteiger partial charge is 0.498 e. The summed E-state index contributed by atoms with van der Waals surface area (Å²) in [5.74, 6) is 3.12. The van der Waals surface area contributed by atoms with Crippen molar-refractivity contribution in [2.45, 2.75) is 59.3 Å². The lowest BCUT2D eigenvalue weighted by atomic mass is 9.47. The van der Waals surface area contributed by atoms with Crippen molar-refractivity contribution in [3.63, 3.8) is 0 Å². The first-order valence-corrected chi connectivity index (χ1v) is 12.6. The summed E-state index contributed by atoms with van der Waals surface area (Å²) in [4.78, 5) is 4.43. The molecule has 1 fully saturated rings. The minimum atomic E-state index is 0.156. The highest BCUT2D eigenvalue weighted by molar-refractivity contribution is 5.73. The molecule has 1 saturated carbocycles. The Morgan fingerprint density at radius 3 is 2.82 bits per heavy atom. The van der Waals surface area contributed by atoms with Crippen molar-refractivity contribution in [2.24, 2.45) is 28.6 Å². The number of rotatable bonds is 4. The zero-order valence-electron chi connectivity index (χ0n) is 20.0. The van der Waals surface area contributed by atoms with Crippen LogP contribution in [0.5, 0.6) is 0 Å². The summed E-state index contributed by atoms with van der Waals surface area (Å²) in [5.41, 5.74) is 5.95. The Bertz CT molecular complexity index is 1130. The first-order chi connectivity index (χ1) is 16.0. The van der Waals surface area contributed by atoms with Gasteiger partial charge in [0.1, 0.15) is 0 Å². The molecule has 0 radical (unpaired) electrons. The SMILES string of the molecule is CCOC1=CC2=C(n3ccnn3)C[C@@H]3C(CC[C@]4(C)C(c5cccnc5)=CCC34)[C@@]2(C)CC1. The summed E-state index contributed by atoms with van der Waals surface area (Å²) in [7, 11) is 0. The molecule has 0 bridgehead atoms. The molecule has 5 heteroatoms. The van der Waals surface area contributed by atoms with Gasteiger partial charge < -0.3 is 4.74 Å². The first kappa shape index (κ1) is 20.9. The number of hydrogen-bond acceptors (Lipinski definition) is 4. The van der Waals surface area contributed by atoms with Gasteiger partial charge in [0.2, 0.25) is 0 Å². The number of fused-ring (bicyclic) bond motifs is 5. The predicted molar refractivity (Wildman–Crippen MR) is 130 cm³/mol. The van der Waals surface area contributed by atoms with E-state index in [-0.39, 0.29) is 10.8 Å². The summed E-state index contributed by atoms with van der Waals surface area (Å²) in [6, 6.07) is 4.31. The van der Waals surface area contributed by atoms with Crippen molar-refractivity contribution < 1.29 is 4.74 Å². The molecule has 0 saturated heterocycles. The maximum absolute atomic E-state index is 5.99. The van der Waals surface area contributed by atoms with Gasteiger partial charge in [-0.05, 0) is 96.5 Å². The van der Waals surface area contributed by atoms with Gasteiger partial charge in [-0.3, -0.25) is 4.98 Å². The maximum atomic E-state index is 5.99. The van der Waals surface area contributed by atoms with Gasteiger partial charge in [0.15, 0.2) is 0 Å². The van der Waals surface area contributed by atoms with Crippen LogP contribution in [0.3, 0.4) is 0 Å². The van der Waals surface area contributed by atoms with Crippen molar-refractivity contribution in [1.29, 1.82) is 0 Å². The molecular formula is C28H34N4O. The second-order valence-electron chi connectivity index (χ2n) is 10.8. The molecule has 5 atom stereocenters. The Kier molecular flexibility index (Phi) is 4.86. The third kappa shape index (κ3) is 3.08. The van der Waals surface area contributed by atoms with E-state index in [0.29, 0.717) is 17.8 Å². The Morgan fingerprint density at radius 1 is 1.15 bits per heavy atom. The van der Waals surface area contributed by atoms with Crippen LogP contribution in [0.15, 0.2) is 60.4 Å². The molecule has 5 nitrogen and oxygen atoms in total. The summed E-state index contributed by atoms with van der Waals surface area (Å²) >= 11 is 0. The van der Waals surface area contributed by atoms with Gasteiger partial charge >= 0.3 is 0 Å². The molecule has 0 N–H and O–H groups in total. The van der Waals surface area contributed by atoms with Crippen LogP contribution in [0, 0.1) is 28.6 Å². The van der Waals surface area contributed by atoms with E-state index in [4.69, 9.17) is 4.74 Å². The second kappa shape index (κ2) is 7.68. The molecule has 2 aromatic rings. The summed E-state index contributed by atoms with van der Waals surface area (Å²) in [6.45, 7) is 7.84. The van der Waals surface area contributed by atoms with Crippen LogP contribution in [0.1, 0.15) is 64.9 Å². The zero-order valence-corrected chi connectivity index (χ0v) is 20.0. The lowest BCUT2D eigenvalue weighted by molar-refractivity contribution is -0.00376. The Morgan fingerprint density at radius 2 is 2.06 bits per heavy atom. The van der Waals surface area contributed by atoms with Gasteiger partial charge in [0, 0.05) is 24.5 Å². The van der Waals surface area contributed by atoms with Crippen LogP contribution >= 0.6 is 0 Å². The highest BCUT2D eigenvalue weighted by atomic mass is 16.5. The summed E-state index contributed by atoms with van der Waals surface area (Å²) in [6.07, 6.45) is 19.5. The lowest BCUT2D eigenvalue weighted by Gasteiger charge is -2.57. The fourth-order valence-corrected chi connectivity index (χ4v) is 7.82. The van der Waals surface area contributed by atoms with E-state index in [1.807, 2.05) is 23.3 Å². The van der Waals surface area contributed by atoms with Gasteiger partial charge in [-0.1, -0.05) is 31.2 Å². The molecule has 33 heavy (non-hydrogen) atoms. The third-order valence-electron chi connectivity index (χ3n) is 9.39. The average molecular weight is 443 g/mol. The Balaban J connectivity index is 1.43. The van der Waals surface area contributed by atoms with Gasteiger partial charge in [-0.15, -0.1) is 5.10 Å². The molecule has 0 amide bonds. The molecule has 0 aromatic carbocycles. The minimum absolute atomic E-state index is 0.156. The number of ether oxygens (including phenoxy) is 1. The second-order valence-corrected chi connectivity index (χ2v) is 10.8. The van der Waals surface area contributed by atoms with E-state index < -0.39 is 0 Å². The quantitative estimate of drug-likeness (QED) is 0.570. The van der Waals surface area contributed by atoms with Crippen LogP contribution in [0.2, 0.25) is 0 Å². The van der Waals surface area contributed by atoms with Crippen LogP contribution in [-0.4, -0.2) is 26.6 Å². The highest BCUT2D eigenvalue weighted by Crippen LogP contribution is 2.67. The fourth-order valence-electron chi connectivity index (χ4n) is 7.82. The molecule has 2 aromatic heterocycles. The third-order valence-corrected chi connectivity index (χ3v) is 9.39. The van der Waals surface area contributed by atoms with Crippen LogP contribution < -0.4 is 0 Å². The molecule has 2 heterocycles. The van der Waals surface area contributed by atoms with Crippen LogP contribution in [0.25, 0.3) is 11.3 Å². The van der Waals surface area contributed by atoms with Gasteiger partial charge in [0.25, 0.3) is 0 Å². The average Bonchev–Trinajstić information content (AvgIpc) is 3.47. The van der Waals surface area contributed by atoms with Gasteiger partial charge in [-0.25, -0.2) is 4.68 Å². The number of nitrogens with zero attached hydrogens (tertiary/aromatic N) is 4. The molecule has 0 aliphatic heterocycles. The molecule has 2 unspecified atom stereocenters. The van der Waals surface area contributed by atoms with Crippen molar-refractivity contribution in [2.75, 3.05) is 6.61 Å². The van der Waals surface area contributed by atoms with Crippen LogP contribution in [-0.2, 0) is 4.74 Å². The smallest absolute Gasteiger partial charge is 0.0963 e.